The number of carbonyl (C=O) groups excluding carboxylic acids is 2. The predicted octanol–water partition coefficient (Wildman–Crippen LogP) is 1.31. The number of anilines is 1. The average Bonchev–Trinajstić information content (AvgIpc) is 2.50. The van der Waals surface area contributed by atoms with Crippen molar-refractivity contribution in [2.45, 2.75) is 0 Å². The maximum Gasteiger partial charge on any atom is 0.329 e. The summed E-state index contributed by atoms with van der Waals surface area (Å²) in [6, 6.07) is 10.4. The highest BCUT2D eigenvalue weighted by molar-refractivity contribution is 6.39. The van der Waals surface area contributed by atoms with Crippen LogP contribution < -0.4 is 10.7 Å². The summed E-state index contributed by atoms with van der Waals surface area (Å²) in [5, 5.41) is 5.92. The SMILES string of the molecule is O=C(N/N=C\c1ccc(F)cc1)C(=O)Nc1ccccn1. The van der Waals surface area contributed by atoms with Gasteiger partial charge in [0.25, 0.3) is 0 Å². The lowest BCUT2D eigenvalue weighted by Crippen LogP contribution is -2.32. The molecule has 2 amide bonds. The van der Waals surface area contributed by atoms with Gasteiger partial charge in [-0.3, -0.25) is 9.59 Å². The maximum absolute atomic E-state index is 12.7. The molecular weight excluding hydrogens is 275 g/mol. The predicted molar refractivity (Wildman–Crippen MR) is 75.0 cm³/mol. The van der Waals surface area contributed by atoms with Gasteiger partial charge in [-0.1, -0.05) is 18.2 Å². The van der Waals surface area contributed by atoms with Gasteiger partial charge in [-0.2, -0.15) is 5.10 Å². The molecule has 1 aromatic carbocycles. The molecule has 2 aromatic rings. The molecule has 0 unspecified atom stereocenters. The molecule has 0 fully saturated rings. The summed E-state index contributed by atoms with van der Waals surface area (Å²) < 4.78 is 12.7. The fourth-order valence-electron chi connectivity index (χ4n) is 1.37. The maximum atomic E-state index is 12.7. The van der Waals surface area contributed by atoms with Crippen LogP contribution in [0.1, 0.15) is 5.56 Å². The van der Waals surface area contributed by atoms with E-state index < -0.39 is 11.8 Å². The molecule has 0 radical (unpaired) electrons. The monoisotopic (exact) mass is 286 g/mol. The van der Waals surface area contributed by atoms with E-state index in [2.05, 4.69) is 20.8 Å². The van der Waals surface area contributed by atoms with Crippen molar-refractivity contribution in [3.63, 3.8) is 0 Å². The smallest absolute Gasteiger partial charge is 0.302 e. The Labute approximate surface area is 119 Å². The highest BCUT2D eigenvalue weighted by Gasteiger charge is 2.12. The molecule has 1 aromatic heterocycles. The van der Waals surface area contributed by atoms with E-state index >= 15 is 0 Å². The number of hydrogen-bond acceptors (Lipinski definition) is 4. The topological polar surface area (TPSA) is 83.5 Å². The highest BCUT2D eigenvalue weighted by Crippen LogP contribution is 2.00. The fourth-order valence-corrected chi connectivity index (χ4v) is 1.37. The van der Waals surface area contributed by atoms with Gasteiger partial charge in [0.15, 0.2) is 0 Å². The number of nitrogens with zero attached hydrogens (tertiary/aromatic N) is 2. The number of pyridine rings is 1. The van der Waals surface area contributed by atoms with E-state index in [1.807, 2.05) is 0 Å². The third kappa shape index (κ3) is 4.50. The van der Waals surface area contributed by atoms with Crippen molar-refractivity contribution in [2.24, 2.45) is 5.10 Å². The number of nitrogens with one attached hydrogen (secondary N) is 2. The Kier molecular flexibility index (Phi) is 4.70. The number of hydrazone groups is 1. The molecule has 106 valence electrons. The molecule has 0 saturated carbocycles. The van der Waals surface area contributed by atoms with Crippen LogP contribution in [-0.4, -0.2) is 23.0 Å². The molecule has 6 nitrogen and oxygen atoms in total. The van der Waals surface area contributed by atoms with Gasteiger partial charge in [0.2, 0.25) is 0 Å². The van der Waals surface area contributed by atoms with Crippen LogP contribution in [0.3, 0.4) is 0 Å². The molecule has 2 N–H and O–H groups in total. The molecule has 7 heteroatoms. The third-order valence-electron chi connectivity index (χ3n) is 2.36. The van der Waals surface area contributed by atoms with Crippen LogP contribution in [0.5, 0.6) is 0 Å². The second-order valence-corrected chi connectivity index (χ2v) is 3.92. The average molecular weight is 286 g/mol. The zero-order valence-electron chi connectivity index (χ0n) is 10.8. The zero-order valence-corrected chi connectivity index (χ0v) is 10.8. The van der Waals surface area contributed by atoms with Gasteiger partial charge >= 0.3 is 11.8 Å². The van der Waals surface area contributed by atoms with E-state index in [1.54, 1.807) is 18.2 Å². The lowest BCUT2D eigenvalue weighted by molar-refractivity contribution is -0.136. The summed E-state index contributed by atoms with van der Waals surface area (Å²) in [6.45, 7) is 0. The number of hydrogen-bond donors (Lipinski definition) is 2. The standard InChI is InChI=1S/C14H11FN4O2/c15-11-6-4-10(5-7-11)9-17-19-14(21)13(20)18-12-3-1-2-8-16-12/h1-9H,(H,19,21)(H,16,18,20)/b17-9-. The number of rotatable bonds is 3. The van der Waals surface area contributed by atoms with Crippen molar-refractivity contribution in [3.05, 3.63) is 60.0 Å². The first-order chi connectivity index (χ1) is 10.1. The Morgan fingerprint density at radius 1 is 1.10 bits per heavy atom. The van der Waals surface area contributed by atoms with Crippen molar-refractivity contribution < 1.29 is 14.0 Å². The number of carbonyl (C=O) groups is 2. The summed E-state index contributed by atoms with van der Waals surface area (Å²) in [7, 11) is 0. The van der Waals surface area contributed by atoms with Crippen molar-refractivity contribution >= 4 is 23.8 Å². The van der Waals surface area contributed by atoms with Crippen LogP contribution >= 0.6 is 0 Å². The largest absolute Gasteiger partial charge is 0.329 e. The van der Waals surface area contributed by atoms with E-state index in [0.29, 0.717) is 5.56 Å². The van der Waals surface area contributed by atoms with E-state index in [-0.39, 0.29) is 11.6 Å². The second-order valence-electron chi connectivity index (χ2n) is 3.92. The van der Waals surface area contributed by atoms with E-state index in [1.165, 1.54) is 36.7 Å². The molecule has 0 spiro atoms. The molecule has 1 heterocycles. The normalized spacial score (nSPS) is 10.3. The van der Waals surface area contributed by atoms with Crippen LogP contribution in [0.2, 0.25) is 0 Å². The Bertz CT molecular complexity index is 656. The van der Waals surface area contributed by atoms with E-state index in [9.17, 15) is 14.0 Å². The lowest BCUT2D eigenvalue weighted by atomic mass is 10.2. The van der Waals surface area contributed by atoms with Gasteiger partial charge in [0, 0.05) is 6.20 Å². The molecule has 2 rings (SSSR count). The quantitative estimate of drug-likeness (QED) is 0.507. The van der Waals surface area contributed by atoms with Gasteiger partial charge in [0.1, 0.15) is 11.6 Å². The van der Waals surface area contributed by atoms with Gasteiger partial charge in [-0.15, -0.1) is 0 Å². The van der Waals surface area contributed by atoms with Crippen LogP contribution in [0.25, 0.3) is 0 Å². The van der Waals surface area contributed by atoms with Crippen LogP contribution in [0.15, 0.2) is 53.8 Å². The van der Waals surface area contributed by atoms with Crippen molar-refractivity contribution in [3.8, 4) is 0 Å². The molecule has 21 heavy (non-hydrogen) atoms. The molecule has 0 aliphatic rings. The van der Waals surface area contributed by atoms with Gasteiger partial charge < -0.3 is 5.32 Å². The van der Waals surface area contributed by atoms with Crippen molar-refractivity contribution in [1.82, 2.24) is 10.4 Å². The lowest BCUT2D eigenvalue weighted by Gasteiger charge is -2.02. The number of amides is 2. The number of benzene rings is 1. The molecule has 0 bridgehead atoms. The summed E-state index contributed by atoms with van der Waals surface area (Å²) in [4.78, 5) is 26.8. The molecular formula is C14H11FN4O2. The molecule has 0 aliphatic carbocycles. The van der Waals surface area contributed by atoms with Crippen LogP contribution in [0.4, 0.5) is 10.2 Å². The molecule has 0 atom stereocenters. The van der Waals surface area contributed by atoms with Crippen molar-refractivity contribution in [1.29, 1.82) is 0 Å². The Hall–Kier alpha value is -3.09. The Morgan fingerprint density at radius 3 is 2.52 bits per heavy atom. The number of halogens is 1. The van der Waals surface area contributed by atoms with E-state index in [4.69, 9.17) is 0 Å². The second kappa shape index (κ2) is 6.90. The highest BCUT2D eigenvalue weighted by atomic mass is 19.1. The first-order valence-corrected chi connectivity index (χ1v) is 5.96. The Balaban J connectivity index is 1.86. The number of aromatic nitrogens is 1. The summed E-state index contributed by atoms with van der Waals surface area (Å²) >= 11 is 0. The minimum absolute atomic E-state index is 0.264. The zero-order chi connectivity index (χ0) is 15.1. The fraction of sp³-hybridized carbons (Fsp3) is 0. The molecule has 0 saturated heterocycles. The third-order valence-corrected chi connectivity index (χ3v) is 2.36. The minimum Gasteiger partial charge on any atom is -0.302 e. The van der Waals surface area contributed by atoms with Crippen LogP contribution in [0, 0.1) is 5.82 Å². The molecule has 0 aliphatic heterocycles. The van der Waals surface area contributed by atoms with Gasteiger partial charge in [-0.25, -0.2) is 14.8 Å². The summed E-state index contributed by atoms with van der Waals surface area (Å²) in [5.41, 5.74) is 2.65. The summed E-state index contributed by atoms with van der Waals surface area (Å²) in [6.07, 6.45) is 2.78. The van der Waals surface area contributed by atoms with Crippen molar-refractivity contribution in [2.75, 3.05) is 5.32 Å². The van der Waals surface area contributed by atoms with Gasteiger partial charge in [-0.05, 0) is 29.8 Å². The first kappa shape index (κ1) is 14.3. The first-order valence-electron chi connectivity index (χ1n) is 5.96. The minimum atomic E-state index is -0.931. The Morgan fingerprint density at radius 2 is 1.86 bits per heavy atom. The van der Waals surface area contributed by atoms with Crippen LogP contribution in [-0.2, 0) is 9.59 Å². The van der Waals surface area contributed by atoms with E-state index in [0.717, 1.165) is 0 Å². The van der Waals surface area contributed by atoms with Gasteiger partial charge in [0.05, 0.1) is 6.21 Å². The summed E-state index contributed by atoms with van der Waals surface area (Å²) in [5.74, 6) is -1.92.